The molecule has 5 nitrogen and oxygen atoms in total. The number of urea groups is 1. The van der Waals surface area contributed by atoms with Gasteiger partial charge in [0.1, 0.15) is 6.10 Å². The topological polar surface area (TPSA) is 50.8 Å². The maximum Gasteiger partial charge on any atom is 0.317 e. The fourth-order valence-electron chi connectivity index (χ4n) is 1.69. The number of carbonyl (C=O) groups is 1. The second-order valence-electron chi connectivity index (χ2n) is 4.31. The van der Waals surface area contributed by atoms with Crippen LogP contribution in [0.5, 0.6) is 0 Å². The molecule has 0 saturated carbocycles. The molecular weight excluding hydrogens is 208 g/mol. The van der Waals surface area contributed by atoms with Gasteiger partial charge >= 0.3 is 6.03 Å². The maximum atomic E-state index is 11.6. The molecule has 0 aromatic rings. The van der Waals surface area contributed by atoms with E-state index in [0.717, 1.165) is 13.1 Å². The average Bonchev–Trinajstić information content (AvgIpc) is 2.57. The third kappa shape index (κ3) is 3.64. The third-order valence-electron chi connectivity index (χ3n) is 2.60. The number of amides is 2. The predicted molar refractivity (Wildman–Crippen MR) is 61.2 cm³/mol. The maximum absolute atomic E-state index is 11.6. The molecule has 1 N–H and O–H groups in total. The Kier molecular flexibility index (Phi) is 4.56. The van der Waals surface area contributed by atoms with Gasteiger partial charge in [0.15, 0.2) is 5.79 Å². The van der Waals surface area contributed by atoms with Crippen molar-refractivity contribution in [1.82, 2.24) is 10.2 Å². The molecule has 5 heteroatoms. The Bertz CT molecular complexity index is 239. The summed E-state index contributed by atoms with van der Waals surface area (Å²) in [4.78, 5) is 13.4. The van der Waals surface area contributed by atoms with Gasteiger partial charge in [0.2, 0.25) is 0 Å². The van der Waals surface area contributed by atoms with E-state index in [9.17, 15) is 4.79 Å². The van der Waals surface area contributed by atoms with Crippen LogP contribution in [0.2, 0.25) is 0 Å². The monoisotopic (exact) mass is 230 g/mol. The van der Waals surface area contributed by atoms with E-state index in [0.29, 0.717) is 13.2 Å². The van der Waals surface area contributed by atoms with Gasteiger partial charge < -0.3 is 19.7 Å². The minimum absolute atomic E-state index is 0.0432. The second-order valence-corrected chi connectivity index (χ2v) is 4.31. The number of rotatable bonds is 4. The molecule has 1 aliphatic heterocycles. The summed E-state index contributed by atoms with van der Waals surface area (Å²) in [5.41, 5.74) is 0. The lowest BCUT2D eigenvalue weighted by Crippen LogP contribution is -2.43. The molecule has 16 heavy (non-hydrogen) atoms. The normalized spacial score (nSPS) is 23.1. The highest BCUT2D eigenvalue weighted by Crippen LogP contribution is 2.21. The first-order valence-corrected chi connectivity index (χ1v) is 5.83. The van der Waals surface area contributed by atoms with Crippen LogP contribution >= 0.6 is 0 Å². The largest absolute Gasteiger partial charge is 0.348 e. The molecule has 94 valence electrons. The van der Waals surface area contributed by atoms with Gasteiger partial charge in [-0.3, -0.25) is 0 Å². The molecule has 1 atom stereocenters. The molecule has 1 saturated heterocycles. The van der Waals surface area contributed by atoms with Gasteiger partial charge in [-0.05, 0) is 27.7 Å². The molecule has 0 aromatic carbocycles. The van der Waals surface area contributed by atoms with Crippen molar-refractivity contribution in [2.75, 3.05) is 26.2 Å². The summed E-state index contributed by atoms with van der Waals surface area (Å²) in [6, 6.07) is -0.0432. The van der Waals surface area contributed by atoms with Crippen LogP contribution in [0.15, 0.2) is 0 Å². The van der Waals surface area contributed by atoms with Crippen LogP contribution in [0.25, 0.3) is 0 Å². The fourth-order valence-corrected chi connectivity index (χ4v) is 1.69. The summed E-state index contributed by atoms with van der Waals surface area (Å²) in [6.07, 6.45) is -0.0467. The fraction of sp³-hybridized carbons (Fsp3) is 0.909. The minimum atomic E-state index is -0.523. The van der Waals surface area contributed by atoms with Gasteiger partial charge in [0.25, 0.3) is 0 Å². The number of hydrogen-bond acceptors (Lipinski definition) is 3. The van der Waals surface area contributed by atoms with Crippen LogP contribution in [-0.2, 0) is 9.47 Å². The molecule has 1 heterocycles. The second kappa shape index (κ2) is 5.50. The minimum Gasteiger partial charge on any atom is -0.348 e. The van der Waals surface area contributed by atoms with E-state index < -0.39 is 5.79 Å². The highest BCUT2D eigenvalue weighted by atomic mass is 16.7. The van der Waals surface area contributed by atoms with Crippen molar-refractivity contribution in [2.45, 2.75) is 39.6 Å². The van der Waals surface area contributed by atoms with Crippen molar-refractivity contribution in [3.05, 3.63) is 0 Å². The Balaban J connectivity index is 2.27. The number of hydrogen-bond donors (Lipinski definition) is 1. The van der Waals surface area contributed by atoms with Gasteiger partial charge in [0.05, 0.1) is 6.61 Å². The third-order valence-corrected chi connectivity index (χ3v) is 2.60. The standard InChI is InChI=1S/C11H22N2O3/c1-5-13(6-2)10(14)12-7-9-8-15-11(3,4)16-9/h9H,5-8H2,1-4H3,(H,12,14). The molecule has 1 fully saturated rings. The molecular formula is C11H22N2O3. The van der Waals surface area contributed by atoms with E-state index in [1.54, 1.807) is 4.90 Å². The van der Waals surface area contributed by atoms with Gasteiger partial charge in [-0.25, -0.2) is 4.79 Å². The van der Waals surface area contributed by atoms with Crippen LogP contribution < -0.4 is 5.32 Å². The Morgan fingerprint density at radius 3 is 2.50 bits per heavy atom. The number of ether oxygens (including phenoxy) is 2. The van der Waals surface area contributed by atoms with Crippen molar-refractivity contribution in [1.29, 1.82) is 0 Å². The van der Waals surface area contributed by atoms with Gasteiger partial charge in [-0.1, -0.05) is 0 Å². The molecule has 1 unspecified atom stereocenters. The van der Waals surface area contributed by atoms with E-state index in [1.807, 2.05) is 27.7 Å². The average molecular weight is 230 g/mol. The molecule has 1 aliphatic rings. The first-order chi connectivity index (χ1) is 7.48. The lowest BCUT2D eigenvalue weighted by Gasteiger charge is -2.21. The molecule has 2 amide bonds. The number of nitrogens with zero attached hydrogens (tertiary/aromatic N) is 1. The van der Waals surface area contributed by atoms with Crippen LogP contribution in [0.4, 0.5) is 4.79 Å². The summed E-state index contributed by atoms with van der Waals surface area (Å²) in [7, 11) is 0. The van der Waals surface area contributed by atoms with Crippen molar-refractivity contribution in [3.8, 4) is 0 Å². The van der Waals surface area contributed by atoms with E-state index in [1.165, 1.54) is 0 Å². The van der Waals surface area contributed by atoms with Crippen molar-refractivity contribution < 1.29 is 14.3 Å². The first-order valence-electron chi connectivity index (χ1n) is 5.83. The first kappa shape index (κ1) is 13.3. The van der Waals surface area contributed by atoms with E-state index in [2.05, 4.69) is 5.32 Å². The molecule has 0 bridgehead atoms. The smallest absolute Gasteiger partial charge is 0.317 e. The lowest BCUT2D eigenvalue weighted by molar-refractivity contribution is -0.137. The van der Waals surface area contributed by atoms with Crippen molar-refractivity contribution >= 4 is 6.03 Å². The predicted octanol–water partition coefficient (Wildman–Crippen LogP) is 1.19. The summed E-state index contributed by atoms with van der Waals surface area (Å²) in [6.45, 7) is 10.1. The number of nitrogens with one attached hydrogen (secondary N) is 1. The molecule has 0 aliphatic carbocycles. The van der Waals surface area contributed by atoms with Gasteiger partial charge in [-0.2, -0.15) is 0 Å². The summed E-state index contributed by atoms with van der Waals surface area (Å²) in [5, 5.41) is 2.85. The molecule has 0 aromatic heterocycles. The summed E-state index contributed by atoms with van der Waals surface area (Å²) >= 11 is 0. The Morgan fingerprint density at radius 2 is 2.06 bits per heavy atom. The zero-order valence-electron chi connectivity index (χ0n) is 10.6. The lowest BCUT2D eigenvalue weighted by atomic mass is 10.3. The Morgan fingerprint density at radius 1 is 1.44 bits per heavy atom. The molecule has 0 spiro atoms. The Hall–Kier alpha value is -0.810. The van der Waals surface area contributed by atoms with E-state index in [4.69, 9.17) is 9.47 Å². The van der Waals surface area contributed by atoms with Crippen LogP contribution in [0.1, 0.15) is 27.7 Å². The number of carbonyl (C=O) groups excluding carboxylic acids is 1. The highest BCUT2D eigenvalue weighted by molar-refractivity contribution is 5.74. The summed E-state index contributed by atoms with van der Waals surface area (Å²) in [5.74, 6) is -0.523. The van der Waals surface area contributed by atoms with Gasteiger partial charge in [-0.15, -0.1) is 0 Å². The van der Waals surface area contributed by atoms with Crippen molar-refractivity contribution in [2.24, 2.45) is 0 Å². The van der Waals surface area contributed by atoms with Crippen LogP contribution in [-0.4, -0.2) is 49.1 Å². The van der Waals surface area contributed by atoms with E-state index in [-0.39, 0.29) is 12.1 Å². The van der Waals surface area contributed by atoms with Crippen LogP contribution in [0, 0.1) is 0 Å². The SMILES string of the molecule is CCN(CC)C(=O)NCC1COC(C)(C)O1. The van der Waals surface area contributed by atoms with E-state index >= 15 is 0 Å². The van der Waals surface area contributed by atoms with Crippen LogP contribution in [0.3, 0.4) is 0 Å². The summed E-state index contributed by atoms with van der Waals surface area (Å²) < 4.78 is 11.0. The van der Waals surface area contributed by atoms with Crippen molar-refractivity contribution in [3.63, 3.8) is 0 Å². The zero-order chi connectivity index (χ0) is 12.2. The zero-order valence-corrected chi connectivity index (χ0v) is 10.6. The molecule has 0 radical (unpaired) electrons. The molecule has 1 rings (SSSR count). The Labute approximate surface area is 97.1 Å². The van der Waals surface area contributed by atoms with Gasteiger partial charge in [0, 0.05) is 19.6 Å². The highest BCUT2D eigenvalue weighted by Gasteiger charge is 2.32. The quantitative estimate of drug-likeness (QED) is 0.789.